The highest BCUT2D eigenvalue weighted by Crippen LogP contribution is 2.09. The van der Waals surface area contributed by atoms with Crippen LogP contribution in [0.2, 0.25) is 0 Å². The summed E-state index contributed by atoms with van der Waals surface area (Å²) in [4.78, 5) is -0.0666. The number of nitrogens with zero attached hydrogens (tertiary/aromatic N) is 1. The van der Waals surface area contributed by atoms with E-state index < -0.39 is 20.0 Å². The molecule has 0 atom stereocenters. The minimum atomic E-state index is -4.02. The number of quaternary nitrogens is 1. The molecule has 0 radical (unpaired) electrons. The quantitative estimate of drug-likeness (QED) is 0.541. The van der Waals surface area contributed by atoms with E-state index in [-0.39, 0.29) is 4.90 Å². The van der Waals surface area contributed by atoms with Crippen molar-refractivity contribution in [3.8, 4) is 0 Å². The Kier molecular flexibility index (Phi) is 9.86. The number of hydrogen-bond acceptors (Lipinski definition) is 4. The fourth-order valence-corrected chi connectivity index (χ4v) is 4.67. The maximum atomic E-state index is 11.7. The summed E-state index contributed by atoms with van der Waals surface area (Å²) in [6.45, 7) is 9.69. The third kappa shape index (κ3) is 9.94. The Balaban J connectivity index is 0.000000472. The fraction of sp³-hybridized carbons (Fsp3) is 0.647. The van der Waals surface area contributed by atoms with Gasteiger partial charge in [0.2, 0.25) is 9.84 Å². The number of unbranched alkanes of at least 4 members (excludes halogenated alkanes) is 1. The minimum absolute atomic E-state index is 0.0666. The lowest BCUT2D eigenvalue weighted by Gasteiger charge is -2.31. The zero-order chi connectivity index (χ0) is 19.7. The van der Waals surface area contributed by atoms with Gasteiger partial charge in [-0.25, -0.2) is 8.42 Å². The molecule has 0 spiro atoms. The number of sulfone groups is 1. The first-order valence-electron chi connectivity index (χ1n) is 8.47. The van der Waals surface area contributed by atoms with Gasteiger partial charge in [0.05, 0.1) is 30.8 Å². The fourth-order valence-electron chi connectivity index (χ4n) is 2.02. The van der Waals surface area contributed by atoms with Crippen LogP contribution in [-0.2, 0) is 20.0 Å². The maximum Gasteiger partial charge on any atom is 0.294 e. The Bertz CT molecular complexity index is 706. The SMILES string of the molecule is CCCCS(=O)(=O)C[N+](C)(CC)CC.Cc1ccc(S(=O)(=O)O)cc1. The molecule has 1 aromatic carbocycles. The van der Waals surface area contributed by atoms with Crippen LogP contribution in [0.5, 0.6) is 0 Å². The lowest BCUT2D eigenvalue weighted by Crippen LogP contribution is -2.47. The van der Waals surface area contributed by atoms with Crippen molar-refractivity contribution in [1.29, 1.82) is 0 Å². The van der Waals surface area contributed by atoms with Gasteiger partial charge in [-0.15, -0.1) is 0 Å². The first-order valence-corrected chi connectivity index (χ1v) is 11.7. The van der Waals surface area contributed by atoms with Gasteiger partial charge >= 0.3 is 0 Å². The number of hydrogen-bond donors (Lipinski definition) is 1. The average molecular weight is 395 g/mol. The van der Waals surface area contributed by atoms with Crippen LogP contribution in [0.25, 0.3) is 0 Å². The molecule has 0 aliphatic heterocycles. The van der Waals surface area contributed by atoms with Crippen molar-refractivity contribution in [3.05, 3.63) is 29.8 Å². The molecular formula is C17H32NO5S2+. The van der Waals surface area contributed by atoms with Crippen LogP contribution in [0.15, 0.2) is 29.2 Å². The van der Waals surface area contributed by atoms with Gasteiger partial charge in [0, 0.05) is 0 Å². The summed E-state index contributed by atoms with van der Waals surface area (Å²) in [7, 11) is -4.87. The van der Waals surface area contributed by atoms with Crippen LogP contribution in [0.3, 0.4) is 0 Å². The summed E-state index contributed by atoms with van der Waals surface area (Å²) >= 11 is 0. The first-order chi connectivity index (χ1) is 11.4. The molecule has 6 nitrogen and oxygen atoms in total. The molecule has 8 heteroatoms. The summed E-state index contributed by atoms with van der Waals surface area (Å²) in [5.41, 5.74) is 0.956. The monoisotopic (exact) mass is 394 g/mol. The normalized spacial score (nSPS) is 12.4. The maximum absolute atomic E-state index is 11.7. The largest absolute Gasteiger partial charge is 0.314 e. The molecular weight excluding hydrogens is 362 g/mol. The Morgan fingerprint density at radius 2 is 1.44 bits per heavy atom. The van der Waals surface area contributed by atoms with Crippen LogP contribution < -0.4 is 0 Å². The lowest BCUT2D eigenvalue weighted by molar-refractivity contribution is -0.894. The third-order valence-electron chi connectivity index (χ3n) is 4.16. The van der Waals surface area contributed by atoms with Gasteiger partial charge < -0.3 is 4.48 Å². The van der Waals surface area contributed by atoms with Gasteiger partial charge in [-0.1, -0.05) is 31.0 Å². The van der Waals surface area contributed by atoms with Gasteiger partial charge in [0.25, 0.3) is 10.1 Å². The Morgan fingerprint density at radius 1 is 0.960 bits per heavy atom. The van der Waals surface area contributed by atoms with Crippen LogP contribution in [0.4, 0.5) is 0 Å². The molecule has 1 aromatic rings. The van der Waals surface area contributed by atoms with Crippen molar-refractivity contribution >= 4 is 20.0 Å². The second-order valence-electron chi connectivity index (χ2n) is 6.47. The highest BCUT2D eigenvalue weighted by atomic mass is 32.2. The van der Waals surface area contributed by atoms with E-state index in [1.807, 2.05) is 34.7 Å². The Hall–Kier alpha value is -0.960. The molecule has 1 N–H and O–H groups in total. The van der Waals surface area contributed by atoms with Crippen LogP contribution in [-0.4, -0.2) is 57.6 Å². The van der Waals surface area contributed by atoms with Crippen LogP contribution in [0.1, 0.15) is 39.2 Å². The molecule has 0 saturated carbocycles. The zero-order valence-corrected chi connectivity index (χ0v) is 17.5. The third-order valence-corrected chi connectivity index (χ3v) is 6.96. The predicted molar refractivity (Wildman–Crippen MR) is 102 cm³/mol. The number of benzene rings is 1. The van der Waals surface area contributed by atoms with E-state index in [1.165, 1.54) is 12.1 Å². The second kappa shape index (κ2) is 10.3. The van der Waals surface area contributed by atoms with E-state index in [0.29, 0.717) is 16.1 Å². The summed E-state index contributed by atoms with van der Waals surface area (Å²) in [6.07, 6.45) is 1.73. The zero-order valence-electron chi connectivity index (χ0n) is 15.9. The summed E-state index contributed by atoms with van der Waals surface area (Å²) in [6, 6.07) is 5.99. The summed E-state index contributed by atoms with van der Waals surface area (Å²) in [5.74, 6) is 0.636. The van der Waals surface area contributed by atoms with Crippen molar-refractivity contribution in [2.24, 2.45) is 0 Å². The van der Waals surface area contributed by atoms with Crippen molar-refractivity contribution in [2.45, 2.75) is 45.4 Å². The number of aryl methyl sites for hydroxylation is 1. The molecule has 0 bridgehead atoms. The molecule has 0 heterocycles. The summed E-state index contributed by atoms with van der Waals surface area (Å²) in [5, 5.41) is 0. The van der Waals surface area contributed by atoms with Crippen molar-refractivity contribution in [3.63, 3.8) is 0 Å². The first kappa shape index (κ1) is 24.0. The van der Waals surface area contributed by atoms with E-state index in [2.05, 4.69) is 0 Å². The molecule has 1 rings (SSSR count). The smallest absolute Gasteiger partial charge is 0.294 e. The van der Waals surface area contributed by atoms with Crippen molar-refractivity contribution in [1.82, 2.24) is 0 Å². The van der Waals surface area contributed by atoms with Crippen molar-refractivity contribution < 1.29 is 25.9 Å². The number of rotatable bonds is 8. The van der Waals surface area contributed by atoms with Crippen LogP contribution >= 0.6 is 0 Å². The lowest BCUT2D eigenvalue weighted by atomic mass is 10.2. The van der Waals surface area contributed by atoms with E-state index >= 15 is 0 Å². The molecule has 0 amide bonds. The van der Waals surface area contributed by atoms with E-state index in [9.17, 15) is 16.8 Å². The molecule has 146 valence electrons. The van der Waals surface area contributed by atoms with Crippen LogP contribution in [0, 0.1) is 6.92 Å². The molecule has 0 unspecified atom stereocenters. The molecule has 0 fully saturated rings. The molecule has 25 heavy (non-hydrogen) atoms. The molecule has 0 aliphatic carbocycles. The highest BCUT2D eigenvalue weighted by Gasteiger charge is 2.25. The summed E-state index contributed by atoms with van der Waals surface area (Å²) < 4.78 is 53.6. The van der Waals surface area contributed by atoms with E-state index in [4.69, 9.17) is 4.55 Å². The Morgan fingerprint density at radius 3 is 1.80 bits per heavy atom. The van der Waals surface area contributed by atoms with Gasteiger partial charge in [-0.3, -0.25) is 4.55 Å². The molecule has 0 saturated heterocycles. The van der Waals surface area contributed by atoms with Crippen molar-refractivity contribution in [2.75, 3.05) is 31.8 Å². The van der Waals surface area contributed by atoms with Gasteiger partial charge in [0.15, 0.2) is 5.88 Å². The molecule has 0 aromatic heterocycles. The highest BCUT2D eigenvalue weighted by molar-refractivity contribution is 7.91. The van der Waals surface area contributed by atoms with Gasteiger partial charge in [-0.2, -0.15) is 8.42 Å². The average Bonchev–Trinajstić information content (AvgIpc) is 2.52. The van der Waals surface area contributed by atoms with Gasteiger partial charge in [0.1, 0.15) is 0 Å². The van der Waals surface area contributed by atoms with E-state index in [0.717, 1.165) is 31.5 Å². The van der Waals surface area contributed by atoms with E-state index in [1.54, 1.807) is 12.1 Å². The topological polar surface area (TPSA) is 88.5 Å². The second-order valence-corrected chi connectivity index (χ2v) is 10.0. The molecule has 0 aliphatic rings. The Labute approximate surface area is 153 Å². The van der Waals surface area contributed by atoms with Gasteiger partial charge in [-0.05, 0) is 39.3 Å². The predicted octanol–water partition coefficient (Wildman–Crippen LogP) is 2.89. The standard InChI is InChI=1S/C10H24NO2S.C7H8O3S/c1-5-8-9-14(12,13)10-11(4,6-2)7-3;1-6-2-4-7(5-3-6)11(8,9)10/h5-10H2,1-4H3;2-5H,1H3,(H,8,9,10)/q+1;. The minimum Gasteiger partial charge on any atom is -0.314 e.